The zero-order chi connectivity index (χ0) is 17.6. The zero-order valence-corrected chi connectivity index (χ0v) is 14.3. The number of amides is 2. The largest absolute Gasteiger partial charge is 0.396 e. The fourth-order valence-corrected chi connectivity index (χ4v) is 4.17. The normalized spacial score (nSPS) is 32.3. The number of hydrogen-bond donors (Lipinski definition) is 2. The summed E-state index contributed by atoms with van der Waals surface area (Å²) in [5.74, 6) is -1.35. The quantitative estimate of drug-likeness (QED) is 0.608. The van der Waals surface area contributed by atoms with Crippen LogP contribution < -0.4 is 10.2 Å². The van der Waals surface area contributed by atoms with Crippen LogP contribution in [0.5, 0.6) is 0 Å². The number of anilines is 1. The molecular formula is C18H19ClN2O4. The van der Waals surface area contributed by atoms with Crippen LogP contribution in [0.1, 0.15) is 6.42 Å². The first-order chi connectivity index (χ1) is 12.1. The van der Waals surface area contributed by atoms with E-state index in [2.05, 4.69) is 5.32 Å². The fraction of sp³-hybridized carbons (Fsp3) is 0.444. The van der Waals surface area contributed by atoms with Crippen molar-refractivity contribution in [2.45, 2.75) is 18.1 Å². The molecule has 7 heteroatoms. The number of aliphatic hydroxyl groups is 1. The van der Waals surface area contributed by atoms with Gasteiger partial charge in [-0.05, 0) is 30.7 Å². The summed E-state index contributed by atoms with van der Waals surface area (Å²) in [6, 6.07) is 7.07. The predicted octanol–water partition coefficient (Wildman–Crippen LogP) is 1.12. The molecule has 0 aliphatic carbocycles. The molecule has 25 heavy (non-hydrogen) atoms. The fourth-order valence-electron chi connectivity index (χ4n) is 4.05. The van der Waals surface area contributed by atoms with Crippen molar-refractivity contribution in [1.29, 1.82) is 0 Å². The SMILES string of the molecule is O=C(NCCCO)C1C2C=C[C@@]3(CN(c4ccc(Cl)cc4)C(=O)C13)O2. The number of fused-ring (bicyclic) bond motifs is 1. The molecule has 2 saturated heterocycles. The van der Waals surface area contributed by atoms with Crippen molar-refractivity contribution in [2.24, 2.45) is 11.8 Å². The monoisotopic (exact) mass is 362 g/mol. The Labute approximate surface area is 150 Å². The Morgan fingerprint density at radius 1 is 1.40 bits per heavy atom. The van der Waals surface area contributed by atoms with E-state index in [4.69, 9.17) is 21.4 Å². The number of aliphatic hydroxyl groups excluding tert-OH is 1. The lowest BCUT2D eigenvalue weighted by Crippen LogP contribution is -2.44. The Bertz CT molecular complexity index is 735. The van der Waals surface area contributed by atoms with Gasteiger partial charge in [-0.2, -0.15) is 0 Å². The highest BCUT2D eigenvalue weighted by molar-refractivity contribution is 6.30. The molecule has 2 amide bonds. The molecule has 0 aromatic heterocycles. The second kappa shape index (κ2) is 6.12. The third-order valence-electron chi connectivity index (χ3n) is 5.18. The second-order valence-electron chi connectivity index (χ2n) is 6.67. The first-order valence-corrected chi connectivity index (χ1v) is 8.76. The number of carbonyl (C=O) groups excluding carboxylic acids is 2. The van der Waals surface area contributed by atoms with Crippen LogP contribution >= 0.6 is 11.6 Å². The van der Waals surface area contributed by atoms with Crippen molar-refractivity contribution in [1.82, 2.24) is 5.32 Å². The zero-order valence-electron chi connectivity index (χ0n) is 13.5. The first-order valence-electron chi connectivity index (χ1n) is 8.38. The van der Waals surface area contributed by atoms with Crippen LogP contribution in [0.3, 0.4) is 0 Å². The van der Waals surface area contributed by atoms with Gasteiger partial charge in [0.2, 0.25) is 11.8 Å². The summed E-state index contributed by atoms with van der Waals surface area (Å²) in [5.41, 5.74) is 0.0125. The highest BCUT2D eigenvalue weighted by Crippen LogP contribution is 2.52. The average Bonchev–Trinajstić information content (AvgIpc) is 3.24. The summed E-state index contributed by atoms with van der Waals surface area (Å²) in [7, 11) is 0. The Balaban J connectivity index is 1.59. The Kier molecular flexibility index (Phi) is 4.06. The van der Waals surface area contributed by atoms with E-state index in [1.807, 2.05) is 12.2 Å². The molecule has 2 fully saturated rings. The Morgan fingerprint density at radius 2 is 2.16 bits per heavy atom. The number of rotatable bonds is 5. The predicted molar refractivity (Wildman–Crippen MR) is 92.2 cm³/mol. The van der Waals surface area contributed by atoms with Crippen LogP contribution in [-0.4, -0.2) is 48.3 Å². The maximum absolute atomic E-state index is 13.1. The van der Waals surface area contributed by atoms with Crippen LogP contribution in [0.15, 0.2) is 36.4 Å². The molecule has 4 atom stereocenters. The lowest BCUT2D eigenvalue weighted by molar-refractivity contribution is -0.131. The van der Waals surface area contributed by atoms with Crippen molar-refractivity contribution >= 4 is 29.1 Å². The molecule has 132 valence electrons. The average molecular weight is 363 g/mol. The lowest BCUT2D eigenvalue weighted by Gasteiger charge is -2.23. The summed E-state index contributed by atoms with van der Waals surface area (Å²) in [6.45, 7) is 0.796. The molecule has 0 saturated carbocycles. The Hall–Kier alpha value is -1.89. The van der Waals surface area contributed by atoms with E-state index in [1.165, 1.54) is 0 Å². The first kappa shape index (κ1) is 16.6. The van der Waals surface area contributed by atoms with E-state index in [9.17, 15) is 9.59 Å². The molecule has 4 rings (SSSR count). The molecule has 1 spiro atoms. The van der Waals surface area contributed by atoms with Gasteiger partial charge in [0.1, 0.15) is 5.60 Å². The van der Waals surface area contributed by atoms with E-state index in [-0.39, 0.29) is 24.5 Å². The van der Waals surface area contributed by atoms with Gasteiger partial charge in [-0.1, -0.05) is 23.8 Å². The van der Waals surface area contributed by atoms with Gasteiger partial charge >= 0.3 is 0 Å². The van der Waals surface area contributed by atoms with Gasteiger partial charge in [-0.25, -0.2) is 0 Å². The molecule has 0 radical (unpaired) electrons. The van der Waals surface area contributed by atoms with Gasteiger partial charge in [-0.15, -0.1) is 0 Å². The number of halogens is 1. The molecule has 6 nitrogen and oxygen atoms in total. The van der Waals surface area contributed by atoms with Crippen LogP contribution in [0.25, 0.3) is 0 Å². The van der Waals surface area contributed by atoms with Crippen LogP contribution in [0.2, 0.25) is 5.02 Å². The van der Waals surface area contributed by atoms with E-state index in [0.29, 0.717) is 24.5 Å². The van der Waals surface area contributed by atoms with Crippen LogP contribution in [0, 0.1) is 11.8 Å². The number of nitrogens with zero attached hydrogens (tertiary/aromatic N) is 1. The van der Waals surface area contributed by atoms with Crippen molar-refractivity contribution in [3.8, 4) is 0 Å². The lowest BCUT2D eigenvalue weighted by atomic mass is 9.77. The van der Waals surface area contributed by atoms with E-state index >= 15 is 0 Å². The number of nitrogens with one attached hydrogen (secondary N) is 1. The van der Waals surface area contributed by atoms with Crippen molar-refractivity contribution in [3.63, 3.8) is 0 Å². The van der Waals surface area contributed by atoms with Crippen molar-refractivity contribution < 1.29 is 19.4 Å². The van der Waals surface area contributed by atoms with Crippen LogP contribution in [-0.2, 0) is 14.3 Å². The van der Waals surface area contributed by atoms with Gasteiger partial charge in [-0.3, -0.25) is 9.59 Å². The summed E-state index contributed by atoms with van der Waals surface area (Å²) in [4.78, 5) is 27.3. The molecule has 1 aromatic carbocycles. The summed E-state index contributed by atoms with van der Waals surface area (Å²) in [6.07, 6.45) is 3.93. The Morgan fingerprint density at radius 3 is 2.88 bits per heavy atom. The number of ether oxygens (including phenoxy) is 1. The van der Waals surface area contributed by atoms with E-state index < -0.39 is 17.4 Å². The number of hydrogen-bond acceptors (Lipinski definition) is 4. The summed E-state index contributed by atoms with van der Waals surface area (Å²) in [5, 5.41) is 12.3. The maximum Gasteiger partial charge on any atom is 0.234 e. The smallest absolute Gasteiger partial charge is 0.234 e. The molecule has 3 unspecified atom stereocenters. The molecule has 1 aromatic rings. The molecule has 2 N–H and O–H groups in total. The minimum absolute atomic E-state index is 0.0153. The third kappa shape index (κ3) is 2.56. The maximum atomic E-state index is 13.1. The van der Waals surface area contributed by atoms with Gasteiger partial charge in [0, 0.05) is 23.9 Å². The van der Waals surface area contributed by atoms with Crippen LogP contribution in [0.4, 0.5) is 5.69 Å². The van der Waals surface area contributed by atoms with Gasteiger partial charge in [0.25, 0.3) is 0 Å². The molecule has 3 aliphatic rings. The van der Waals surface area contributed by atoms with Crippen molar-refractivity contribution in [2.75, 3.05) is 24.6 Å². The molecule has 3 heterocycles. The van der Waals surface area contributed by atoms with E-state index in [0.717, 1.165) is 5.69 Å². The van der Waals surface area contributed by atoms with E-state index in [1.54, 1.807) is 29.2 Å². The molecule has 3 aliphatic heterocycles. The highest BCUT2D eigenvalue weighted by atomic mass is 35.5. The summed E-state index contributed by atoms with van der Waals surface area (Å²) >= 11 is 5.93. The highest BCUT2D eigenvalue weighted by Gasteiger charge is 2.66. The number of benzene rings is 1. The van der Waals surface area contributed by atoms with Crippen molar-refractivity contribution in [3.05, 3.63) is 41.4 Å². The van der Waals surface area contributed by atoms with Gasteiger partial charge < -0.3 is 20.1 Å². The minimum atomic E-state index is -0.736. The van der Waals surface area contributed by atoms with Gasteiger partial charge in [0.05, 0.1) is 24.5 Å². The number of carbonyl (C=O) groups is 2. The standard InChI is InChI=1S/C18H19ClN2O4/c19-11-2-4-12(5-3-11)21-10-18-7-6-13(25-18)14(15(18)17(21)24)16(23)20-8-1-9-22/h2-7,13-15,22H,1,8-10H2,(H,20,23)/t13?,14?,15?,18-/m0/s1. The second-order valence-corrected chi connectivity index (χ2v) is 7.11. The topological polar surface area (TPSA) is 78.9 Å². The summed E-state index contributed by atoms with van der Waals surface area (Å²) < 4.78 is 6.06. The molecule has 2 bridgehead atoms. The third-order valence-corrected chi connectivity index (χ3v) is 5.43. The minimum Gasteiger partial charge on any atom is -0.396 e. The molecular weight excluding hydrogens is 344 g/mol. The van der Waals surface area contributed by atoms with Gasteiger partial charge in [0.15, 0.2) is 0 Å².